The van der Waals surface area contributed by atoms with Crippen LogP contribution in [0, 0.1) is 6.92 Å². The van der Waals surface area contributed by atoms with Gasteiger partial charge in [0.2, 0.25) is 0 Å². The predicted molar refractivity (Wildman–Crippen MR) is 75.6 cm³/mol. The molecule has 0 radical (unpaired) electrons. The van der Waals surface area contributed by atoms with Gasteiger partial charge in [-0.05, 0) is 37.8 Å². The lowest BCUT2D eigenvalue weighted by Gasteiger charge is -2.36. The maximum absolute atomic E-state index is 10.8. The second kappa shape index (κ2) is 5.93. The molecule has 0 amide bonds. The number of hydrogen-bond acceptors (Lipinski definition) is 3. The Bertz CT molecular complexity index is 430. The standard InChI is InChI=1S/C16H24O3/c1-12-6-7-15(19-3)13(9-12)10-16(17)8-4-5-14(11-16)18-2/h6-7,9,14,17H,4-5,8,10-11H2,1-3H3. The summed E-state index contributed by atoms with van der Waals surface area (Å²) in [5.74, 6) is 0.860. The molecule has 0 aromatic heterocycles. The molecule has 1 aromatic rings. The van der Waals surface area contributed by atoms with E-state index in [0.29, 0.717) is 12.8 Å². The normalized spacial score (nSPS) is 27.3. The number of hydrogen-bond donors (Lipinski definition) is 1. The van der Waals surface area contributed by atoms with E-state index in [-0.39, 0.29) is 6.10 Å². The highest BCUT2D eigenvalue weighted by Crippen LogP contribution is 2.35. The molecule has 2 atom stereocenters. The predicted octanol–water partition coefficient (Wildman–Crippen LogP) is 2.87. The quantitative estimate of drug-likeness (QED) is 0.909. The topological polar surface area (TPSA) is 38.7 Å². The van der Waals surface area contributed by atoms with Crippen LogP contribution in [-0.4, -0.2) is 31.0 Å². The fraction of sp³-hybridized carbons (Fsp3) is 0.625. The number of methoxy groups -OCH3 is 2. The molecule has 3 heteroatoms. The van der Waals surface area contributed by atoms with Crippen molar-refractivity contribution in [2.24, 2.45) is 0 Å². The van der Waals surface area contributed by atoms with E-state index in [2.05, 4.69) is 13.0 Å². The van der Waals surface area contributed by atoms with Crippen LogP contribution in [0.5, 0.6) is 5.75 Å². The van der Waals surface area contributed by atoms with Crippen molar-refractivity contribution in [2.45, 2.75) is 50.7 Å². The van der Waals surface area contributed by atoms with Crippen molar-refractivity contribution in [3.63, 3.8) is 0 Å². The van der Waals surface area contributed by atoms with Crippen molar-refractivity contribution in [2.75, 3.05) is 14.2 Å². The third-order valence-electron chi connectivity index (χ3n) is 4.06. The Hall–Kier alpha value is -1.06. The largest absolute Gasteiger partial charge is 0.496 e. The second-order valence-electron chi connectivity index (χ2n) is 5.67. The summed E-state index contributed by atoms with van der Waals surface area (Å²) in [5.41, 5.74) is 1.61. The fourth-order valence-electron chi connectivity index (χ4n) is 3.05. The molecule has 2 rings (SSSR count). The zero-order valence-electron chi connectivity index (χ0n) is 12.1. The first kappa shape index (κ1) is 14.4. The summed E-state index contributed by atoms with van der Waals surface area (Å²) in [6.07, 6.45) is 4.42. The lowest BCUT2D eigenvalue weighted by Crippen LogP contribution is -2.40. The van der Waals surface area contributed by atoms with Crippen LogP contribution in [0.4, 0.5) is 0 Å². The number of aryl methyl sites for hydroxylation is 1. The van der Waals surface area contributed by atoms with Gasteiger partial charge in [-0.15, -0.1) is 0 Å². The van der Waals surface area contributed by atoms with Crippen molar-refractivity contribution < 1.29 is 14.6 Å². The summed E-state index contributed by atoms with van der Waals surface area (Å²) in [6.45, 7) is 2.06. The molecule has 2 unspecified atom stereocenters. The molecule has 1 aliphatic rings. The monoisotopic (exact) mass is 264 g/mol. The number of benzene rings is 1. The van der Waals surface area contributed by atoms with Crippen LogP contribution in [0.15, 0.2) is 18.2 Å². The molecule has 1 N–H and O–H groups in total. The number of ether oxygens (including phenoxy) is 2. The lowest BCUT2D eigenvalue weighted by atomic mass is 9.79. The van der Waals surface area contributed by atoms with E-state index in [1.54, 1.807) is 14.2 Å². The maximum atomic E-state index is 10.8. The van der Waals surface area contributed by atoms with Gasteiger partial charge in [-0.1, -0.05) is 17.7 Å². The highest BCUT2D eigenvalue weighted by Gasteiger charge is 2.35. The molecule has 19 heavy (non-hydrogen) atoms. The number of rotatable bonds is 4. The van der Waals surface area contributed by atoms with Crippen LogP contribution in [0.2, 0.25) is 0 Å². The second-order valence-corrected chi connectivity index (χ2v) is 5.67. The molecule has 3 nitrogen and oxygen atoms in total. The van der Waals surface area contributed by atoms with Gasteiger partial charge >= 0.3 is 0 Å². The Morgan fingerprint density at radius 1 is 1.37 bits per heavy atom. The van der Waals surface area contributed by atoms with Crippen molar-refractivity contribution in [1.29, 1.82) is 0 Å². The van der Waals surface area contributed by atoms with Gasteiger partial charge in [-0.2, -0.15) is 0 Å². The first-order valence-electron chi connectivity index (χ1n) is 6.95. The smallest absolute Gasteiger partial charge is 0.122 e. The van der Waals surface area contributed by atoms with Crippen molar-refractivity contribution >= 4 is 0 Å². The van der Waals surface area contributed by atoms with E-state index < -0.39 is 5.60 Å². The zero-order valence-corrected chi connectivity index (χ0v) is 12.1. The van der Waals surface area contributed by atoms with Crippen LogP contribution in [-0.2, 0) is 11.2 Å². The molecule has 0 heterocycles. The molecular weight excluding hydrogens is 240 g/mol. The van der Waals surface area contributed by atoms with E-state index in [4.69, 9.17) is 9.47 Å². The third-order valence-corrected chi connectivity index (χ3v) is 4.06. The van der Waals surface area contributed by atoms with E-state index >= 15 is 0 Å². The minimum Gasteiger partial charge on any atom is -0.496 e. The molecular formula is C16H24O3. The van der Waals surface area contributed by atoms with Crippen molar-refractivity contribution in [1.82, 2.24) is 0 Å². The molecule has 0 bridgehead atoms. The molecule has 1 saturated carbocycles. The Balaban J connectivity index is 2.17. The summed E-state index contributed by atoms with van der Waals surface area (Å²) in [7, 11) is 3.40. The molecule has 1 aliphatic carbocycles. The molecule has 0 saturated heterocycles. The fourth-order valence-corrected chi connectivity index (χ4v) is 3.05. The Labute approximate surface area is 115 Å². The van der Waals surface area contributed by atoms with Gasteiger partial charge in [0, 0.05) is 20.0 Å². The SMILES string of the molecule is COc1ccc(C)cc1CC1(O)CCCC(OC)C1. The van der Waals surface area contributed by atoms with E-state index in [1.807, 2.05) is 12.1 Å². The van der Waals surface area contributed by atoms with Crippen molar-refractivity contribution in [3.8, 4) is 5.75 Å². The first-order valence-corrected chi connectivity index (χ1v) is 6.95. The van der Waals surface area contributed by atoms with Gasteiger partial charge in [-0.25, -0.2) is 0 Å². The van der Waals surface area contributed by atoms with Crippen LogP contribution in [0.3, 0.4) is 0 Å². The van der Waals surface area contributed by atoms with Gasteiger partial charge in [0.25, 0.3) is 0 Å². The molecule has 106 valence electrons. The Morgan fingerprint density at radius 3 is 2.84 bits per heavy atom. The summed E-state index contributed by atoms with van der Waals surface area (Å²) < 4.78 is 10.8. The van der Waals surface area contributed by atoms with Gasteiger partial charge in [0.15, 0.2) is 0 Å². The van der Waals surface area contributed by atoms with Crippen LogP contribution in [0.1, 0.15) is 36.8 Å². The van der Waals surface area contributed by atoms with Gasteiger partial charge in [-0.3, -0.25) is 0 Å². The zero-order chi connectivity index (χ0) is 13.9. The van der Waals surface area contributed by atoms with Crippen LogP contribution >= 0.6 is 0 Å². The highest BCUT2D eigenvalue weighted by atomic mass is 16.5. The van der Waals surface area contributed by atoms with E-state index in [9.17, 15) is 5.11 Å². The summed E-state index contributed by atoms with van der Waals surface area (Å²) in [4.78, 5) is 0. The average molecular weight is 264 g/mol. The van der Waals surface area contributed by atoms with Gasteiger partial charge in [0.05, 0.1) is 18.8 Å². The molecule has 1 aromatic carbocycles. The first-order chi connectivity index (χ1) is 9.06. The summed E-state index contributed by atoms with van der Waals surface area (Å²) in [6, 6.07) is 6.11. The molecule has 0 aliphatic heterocycles. The minimum atomic E-state index is -0.667. The minimum absolute atomic E-state index is 0.176. The highest BCUT2D eigenvalue weighted by molar-refractivity contribution is 5.38. The van der Waals surface area contributed by atoms with Gasteiger partial charge < -0.3 is 14.6 Å². The van der Waals surface area contributed by atoms with Crippen LogP contribution in [0.25, 0.3) is 0 Å². The summed E-state index contributed by atoms with van der Waals surface area (Å²) in [5, 5.41) is 10.8. The molecule has 1 fully saturated rings. The number of aliphatic hydroxyl groups is 1. The van der Waals surface area contributed by atoms with Crippen LogP contribution < -0.4 is 4.74 Å². The average Bonchev–Trinajstić information content (AvgIpc) is 2.38. The van der Waals surface area contributed by atoms with Gasteiger partial charge in [0.1, 0.15) is 5.75 Å². The third kappa shape index (κ3) is 3.48. The maximum Gasteiger partial charge on any atom is 0.122 e. The lowest BCUT2D eigenvalue weighted by molar-refractivity contribution is -0.0583. The Kier molecular flexibility index (Phi) is 4.48. The van der Waals surface area contributed by atoms with Crippen molar-refractivity contribution in [3.05, 3.63) is 29.3 Å². The van der Waals surface area contributed by atoms with E-state index in [0.717, 1.165) is 30.6 Å². The summed E-state index contributed by atoms with van der Waals surface area (Å²) >= 11 is 0. The van der Waals surface area contributed by atoms with E-state index in [1.165, 1.54) is 5.56 Å². The molecule has 0 spiro atoms. The Morgan fingerprint density at radius 2 is 2.16 bits per heavy atom.